The fraction of sp³-hybridized carbons (Fsp3) is 0.571. The summed E-state index contributed by atoms with van der Waals surface area (Å²) in [7, 11) is 1.74. The first-order chi connectivity index (χ1) is 8.70. The fourth-order valence-corrected chi connectivity index (χ4v) is 2.79. The SMILES string of the molecule is COC[C@@H]1CCCN1C[C@H](O)c1ccc(Br)cc1. The molecule has 0 bridgehead atoms. The third-order valence-electron chi connectivity index (χ3n) is 3.52. The Hall–Kier alpha value is -0.420. The number of nitrogens with zero attached hydrogens (tertiary/aromatic N) is 1. The van der Waals surface area contributed by atoms with E-state index in [1.165, 1.54) is 12.8 Å². The van der Waals surface area contributed by atoms with Crippen LogP contribution in [0.15, 0.2) is 28.7 Å². The second-order valence-corrected chi connectivity index (χ2v) is 5.73. The highest BCUT2D eigenvalue weighted by Crippen LogP contribution is 2.23. The van der Waals surface area contributed by atoms with Gasteiger partial charge in [0, 0.05) is 24.2 Å². The zero-order chi connectivity index (χ0) is 13.0. The monoisotopic (exact) mass is 313 g/mol. The summed E-state index contributed by atoms with van der Waals surface area (Å²) < 4.78 is 6.27. The van der Waals surface area contributed by atoms with Gasteiger partial charge >= 0.3 is 0 Å². The van der Waals surface area contributed by atoms with Crippen LogP contribution in [0.4, 0.5) is 0 Å². The molecule has 1 aliphatic heterocycles. The van der Waals surface area contributed by atoms with Gasteiger partial charge in [0.15, 0.2) is 0 Å². The smallest absolute Gasteiger partial charge is 0.0917 e. The van der Waals surface area contributed by atoms with Crippen molar-refractivity contribution in [3.05, 3.63) is 34.3 Å². The van der Waals surface area contributed by atoms with E-state index in [1.54, 1.807) is 7.11 Å². The third kappa shape index (κ3) is 3.54. The van der Waals surface area contributed by atoms with Gasteiger partial charge in [-0.2, -0.15) is 0 Å². The normalized spacial score (nSPS) is 22.3. The summed E-state index contributed by atoms with van der Waals surface area (Å²) in [6.45, 7) is 2.50. The molecular weight excluding hydrogens is 294 g/mol. The lowest BCUT2D eigenvalue weighted by Crippen LogP contribution is -2.36. The average molecular weight is 314 g/mol. The Morgan fingerprint density at radius 3 is 2.83 bits per heavy atom. The summed E-state index contributed by atoms with van der Waals surface area (Å²) in [5.74, 6) is 0. The molecule has 1 aromatic carbocycles. The highest BCUT2D eigenvalue weighted by atomic mass is 79.9. The van der Waals surface area contributed by atoms with E-state index in [0.717, 1.165) is 23.2 Å². The van der Waals surface area contributed by atoms with Gasteiger partial charge in [-0.1, -0.05) is 28.1 Å². The van der Waals surface area contributed by atoms with Crippen LogP contribution in [-0.4, -0.2) is 42.9 Å². The van der Waals surface area contributed by atoms with Gasteiger partial charge in [0.2, 0.25) is 0 Å². The molecule has 0 aromatic heterocycles. The van der Waals surface area contributed by atoms with Crippen molar-refractivity contribution in [3.63, 3.8) is 0 Å². The molecule has 1 fully saturated rings. The van der Waals surface area contributed by atoms with E-state index in [9.17, 15) is 5.11 Å². The van der Waals surface area contributed by atoms with Gasteiger partial charge in [-0.05, 0) is 37.1 Å². The average Bonchev–Trinajstić information content (AvgIpc) is 2.78. The van der Waals surface area contributed by atoms with Crippen LogP contribution in [0.2, 0.25) is 0 Å². The van der Waals surface area contributed by atoms with Gasteiger partial charge in [0.05, 0.1) is 12.7 Å². The third-order valence-corrected chi connectivity index (χ3v) is 4.05. The number of aliphatic hydroxyl groups excluding tert-OH is 1. The molecule has 1 saturated heterocycles. The van der Waals surface area contributed by atoms with Crippen LogP contribution in [0.3, 0.4) is 0 Å². The molecule has 3 nitrogen and oxygen atoms in total. The minimum Gasteiger partial charge on any atom is -0.387 e. The maximum Gasteiger partial charge on any atom is 0.0917 e. The largest absolute Gasteiger partial charge is 0.387 e. The number of halogens is 1. The summed E-state index contributed by atoms with van der Waals surface area (Å²) in [4.78, 5) is 2.33. The van der Waals surface area contributed by atoms with Crippen LogP contribution in [-0.2, 0) is 4.74 Å². The molecule has 2 rings (SSSR count). The molecule has 0 aliphatic carbocycles. The van der Waals surface area contributed by atoms with Crippen LogP contribution < -0.4 is 0 Å². The fourth-order valence-electron chi connectivity index (χ4n) is 2.53. The first-order valence-corrected chi connectivity index (χ1v) is 7.16. The van der Waals surface area contributed by atoms with Crippen molar-refractivity contribution in [3.8, 4) is 0 Å². The molecule has 0 spiro atoms. The van der Waals surface area contributed by atoms with Crippen LogP contribution >= 0.6 is 15.9 Å². The molecule has 1 aliphatic rings. The summed E-state index contributed by atoms with van der Waals surface area (Å²) in [5, 5.41) is 10.3. The lowest BCUT2D eigenvalue weighted by molar-refractivity contribution is 0.0703. The molecule has 0 amide bonds. The Balaban J connectivity index is 1.94. The Morgan fingerprint density at radius 1 is 1.44 bits per heavy atom. The zero-order valence-corrected chi connectivity index (χ0v) is 12.3. The Kier molecular flexibility index (Phi) is 5.18. The van der Waals surface area contributed by atoms with Crippen LogP contribution in [0.5, 0.6) is 0 Å². The van der Waals surface area contributed by atoms with Gasteiger partial charge in [-0.3, -0.25) is 4.90 Å². The number of aliphatic hydroxyl groups is 1. The summed E-state index contributed by atoms with van der Waals surface area (Å²) in [6, 6.07) is 8.33. The van der Waals surface area contributed by atoms with Crippen LogP contribution in [0.1, 0.15) is 24.5 Å². The van der Waals surface area contributed by atoms with Crippen LogP contribution in [0, 0.1) is 0 Å². The van der Waals surface area contributed by atoms with Gasteiger partial charge in [-0.25, -0.2) is 0 Å². The second-order valence-electron chi connectivity index (χ2n) is 4.81. The molecular formula is C14H20BrNO2. The highest BCUT2D eigenvalue weighted by Gasteiger charge is 2.26. The predicted molar refractivity (Wildman–Crippen MR) is 75.6 cm³/mol. The molecule has 100 valence electrons. The van der Waals surface area contributed by atoms with Crippen molar-refractivity contribution in [1.29, 1.82) is 0 Å². The minimum atomic E-state index is -0.421. The Bertz CT molecular complexity index is 369. The van der Waals surface area contributed by atoms with Gasteiger partial charge < -0.3 is 9.84 Å². The first kappa shape index (κ1) is 14.0. The minimum absolute atomic E-state index is 0.421. The number of methoxy groups -OCH3 is 1. The highest BCUT2D eigenvalue weighted by molar-refractivity contribution is 9.10. The lowest BCUT2D eigenvalue weighted by atomic mass is 10.1. The van der Waals surface area contributed by atoms with Crippen molar-refractivity contribution in [2.24, 2.45) is 0 Å². The van der Waals surface area contributed by atoms with E-state index in [-0.39, 0.29) is 0 Å². The van der Waals surface area contributed by atoms with E-state index in [2.05, 4.69) is 20.8 Å². The summed E-state index contributed by atoms with van der Waals surface area (Å²) >= 11 is 3.40. The number of hydrogen-bond donors (Lipinski definition) is 1. The van der Waals surface area contributed by atoms with Crippen LogP contribution in [0.25, 0.3) is 0 Å². The van der Waals surface area contributed by atoms with E-state index >= 15 is 0 Å². The zero-order valence-electron chi connectivity index (χ0n) is 10.7. The number of rotatable bonds is 5. The molecule has 1 aromatic rings. The van der Waals surface area contributed by atoms with E-state index in [0.29, 0.717) is 12.6 Å². The number of likely N-dealkylation sites (tertiary alicyclic amines) is 1. The van der Waals surface area contributed by atoms with Crippen molar-refractivity contribution < 1.29 is 9.84 Å². The number of hydrogen-bond acceptors (Lipinski definition) is 3. The van der Waals surface area contributed by atoms with Crippen molar-refractivity contribution in [2.45, 2.75) is 25.0 Å². The van der Waals surface area contributed by atoms with Crippen molar-refractivity contribution in [2.75, 3.05) is 26.8 Å². The van der Waals surface area contributed by atoms with E-state index in [1.807, 2.05) is 24.3 Å². The van der Waals surface area contributed by atoms with E-state index in [4.69, 9.17) is 4.74 Å². The number of ether oxygens (including phenoxy) is 1. The second kappa shape index (κ2) is 6.66. The quantitative estimate of drug-likeness (QED) is 0.907. The topological polar surface area (TPSA) is 32.7 Å². The van der Waals surface area contributed by atoms with Crippen molar-refractivity contribution >= 4 is 15.9 Å². The Labute approximate surface area is 117 Å². The Morgan fingerprint density at radius 2 is 2.17 bits per heavy atom. The molecule has 2 atom stereocenters. The molecule has 0 saturated carbocycles. The molecule has 1 heterocycles. The lowest BCUT2D eigenvalue weighted by Gasteiger charge is -2.26. The van der Waals surface area contributed by atoms with Gasteiger partial charge in [-0.15, -0.1) is 0 Å². The summed E-state index contributed by atoms with van der Waals surface area (Å²) in [5.41, 5.74) is 0.973. The molecule has 1 N–H and O–H groups in total. The maximum absolute atomic E-state index is 10.3. The van der Waals surface area contributed by atoms with Crippen molar-refractivity contribution in [1.82, 2.24) is 4.90 Å². The van der Waals surface area contributed by atoms with E-state index < -0.39 is 6.10 Å². The predicted octanol–water partition coefficient (Wildman–Crippen LogP) is 2.59. The molecule has 0 radical (unpaired) electrons. The molecule has 4 heteroatoms. The maximum atomic E-state index is 10.3. The molecule has 18 heavy (non-hydrogen) atoms. The van der Waals surface area contributed by atoms with Gasteiger partial charge in [0.25, 0.3) is 0 Å². The standard InChI is InChI=1S/C14H20BrNO2/c1-18-10-13-3-2-8-16(13)9-14(17)11-4-6-12(15)7-5-11/h4-7,13-14,17H,2-3,8-10H2,1H3/t13-,14-/m0/s1. The summed E-state index contributed by atoms with van der Waals surface area (Å²) in [6.07, 6.45) is 1.94. The first-order valence-electron chi connectivity index (χ1n) is 6.37. The van der Waals surface area contributed by atoms with Gasteiger partial charge in [0.1, 0.15) is 0 Å². The number of β-amino-alcohol motifs (C(OH)–C–C–N with tert-alkyl or cyclic N) is 1. The molecule has 0 unspecified atom stereocenters. The number of benzene rings is 1.